The lowest BCUT2D eigenvalue weighted by Gasteiger charge is -2.19. The molecular formula is C13H18N2O5. The molecule has 20 heavy (non-hydrogen) atoms. The van der Waals surface area contributed by atoms with Crippen LogP contribution in [0.2, 0.25) is 0 Å². The lowest BCUT2D eigenvalue weighted by molar-refractivity contribution is -0.146. The summed E-state index contributed by atoms with van der Waals surface area (Å²) in [6.07, 6.45) is -1.61. The summed E-state index contributed by atoms with van der Waals surface area (Å²) in [7, 11) is 3.11. The number of nitrogens with one attached hydrogen (secondary N) is 1. The maximum absolute atomic E-state index is 11.7. The normalized spacial score (nSPS) is 11.6. The third-order valence-corrected chi connectivity index (χ3v) is 2.68. The summed E-state index contributed by atoms with van der Waals surface area (Å²) < 4.78 is 5.18. The van der Waals surface area contributed by atoms with Gasteiger partial charge in [-0.15, -0.1) is 0 Å². The molecular weight excluding hydrogens is 264 g/mol. The second kappa shape index (κ2) is 7.34. The van der Waals surface area contributed by atoms with E-state index in [1.54, 1.807) is 20.2 Å². The Labute approximate surface area is 116 Å². The maximum atomic E-state index is 11.7. The number of carbonyl (C=O) groups excluding carboxylic acids is 1. The first-order valence-electron chi connectivity index (χ1n) is 5.97. The molecule has 1 unspecified atom stereocenters. The van der Waals surface area contributed by atoms with Crippen LogP contribution in [0.3, 0.4) is 0 Å². The van der Waals surface area contributed by atoms with E-state index in [1.165, 1.54) is 4.90 Å². The molecule has 0 aliphatic rings. The third kappa shape index (κ3) is 4.43. The van der Waals surface area contributed by atoms with E-state index in [4.69, 9.17) is 14.9 Å². The number of aliphatic carboxylic acids is 1. The molecule has 0 radical (unpaired) electrons. The number of benzene rings is 1. The molecule has 7 nitrogen and oxygen atoms in total. The number of hydrogen-bond acceptors (Lipinski definition) is 4. The molecule has 2 amide bonds. The Bertz CT molecular complexity index is 478. The molecule has 0 saturated heterocycles. The largest absolute Gasteiger partial charge is 0.496 e. The Kier molecular flexibility index (Phi) is 5.79. The Morgan fingerprint density at radius 2 is 2.05 bits per heavy atom. The van der Waals surface area contributed by atoms with E-state index < -0.39 is 18.1 Å². The van der Waals surface area contributed by atoms with Crippen LogP contribution in [0.5, 0.6) is 5.75 Å². The summed E-state index contributed by atoms with van der Waals surface area (Å²) in [5, 5.41) is 19.9. The van der Waals surface area contributed by atoms with Crippen molar-refractivity contribution in [3.8, 4) is 5.75 Å². The number of carboxylic acids is 1. The average Bonchev–Trinajstić information content (AvgIpc) is 2.44. The SMILES string of the molecule is COc1ccccc1CN(C)C(=O)NCC(O)C(=O)O. The predicted octanol–water partition coefficient (Wildman–Crippen LogP) is 0.282. The van der Waals surface area contributed by atoms with Crippen molar-refractivity contribution >= 4 is 12.0 Å². The molecule has 0 aliphatic heterocycles. The number of aliphatic hydroxyl groups excluding tert-OH is 1. The van der Waals surface area contributed by atoms with Gasteiger partial charge in [0.15, 0.2) is 6.10 Å². The minimum Gasteiger partial charge on any atom is -0.496 e. The molecule has 0 aromatic heterocycles. The molecule has 0 fully saturated rings. The first-order chi connectivity index (χ1) is 9.45. The number of ether oxygens (including phenoxy) is 1. The van der Waals surface area contributed by atoms with Crippen molar-refractivity contribution in [2.45, 2.75) is 12.6 Å². The number of amides is 2. The lowest BCUT2D eigenvalue weighted by atomic mass is 10.2. The molecule has 1 aromatic rings. The summed E-state index contributed by atoms with van der Waals surface area (Å²) in [5.74, 6) is -0.713. The molecule has 0 bridgehead atoms. The molecule has 1 atom stereocenters. The third-order valence-electron chi connectivity index (χ3n) is 2.68. The van der Waals surface area contributed by atoms with Crippen LogP contribution >= 0.6 is 0 Å². The fraction of sp³-hybridized carbons (Fsp3) is 0.385. The fourth-order valence-corrected chi connectivity index (χ4v) is 1.57. The highest BCUT2D eigenvalue weighted by Crippen LogP contribution is 2.18. The van der Waals surface area contributed by atoms with Gasteiger partial charge in [-0.25, -0.2) is 9.59 Å². The average molecular weight is 282 g/mol. The van der Waals surface area contributed by atoms with Crippen molar-refractivity contribution in [3.63, 3.8) is 0 Å². The number of para-hydroxylation sites is 1. The Hall–Kier alpha value is -2.28. The summed E-state index contributed by atoms with van der Waals surface area (Å²) in [6, 6.07) is 6.80. The topological polar surface area (TPSA) is 99.1 Å². The van der Waals surface area contributed by atoms with E-state index in [0.717, 1.165) is 5.56 Å². The highest BCUT2D eigenvalue weighted by molar-refractivity contribution is 5.76. The van der Waals surface area contributed by atoms with Crippen LogP contribution in [-0.4, -0.2) is 53.9 Å². The number of hydrogen-bond donors (Lipinski definition) is 3. The molecule has 7 heteroatoms. The minimum atomic E-state index is -1.61. The number of urea groups is 1. The number of nitrogens with zero attached hydrogens (tertiary/aromatic N) is 1. The quantitative estimate of drug-likeness (QED) is 0.696. The van der Waals surface area contributed by atoms with Gasteiger partial charge in [0.1, 0.15) is 5.75 Å². The standard InChI is InChI=1S/C13H18N2O5/c1-15(13(19)14-7-10(16)12(17)18)8-9-5-3-4-6-11(9)20-2/h3-6,10,16H,7-8H2,1-2H3,(H,14,19)(H,17,18). The summed E-state index contributed by atoms with van der Waals surface area (Å²) in [5.41, 5.74) is 0.825. The van der Waals surface area contributed by atoms with Crippen LogP contribution in [0.15, 0.2) is 24.3 Å². The van der Waals surface area contributed by atoms with Gasteiger partial charge in [-0.2, -0.15) is 0 Å². The first-order valence-corrected chi connectivity index (χ1v) is 5.97. The van der Waals surface area contributed by atoms with Gasteiger partial charge in [-0.1, -0.05) is 18.2 Å². The molecule has 0 heterocycles. The maximum Gasteiger partial charge on any atom is 0.334 e. The lowest BCUT2D eigenvalue weighted by Crippen LogP contribution is -2.42. The van der Waals surface area contributed by atoms with Gasteiger partial charge in [0.05, 0.1) is 20.2 Å². The van der Waals surface area contributed by atoms with Gasteiger partial charge in [0.25, 0.3) is 0 Å². The van der Waals surface area contributed by atoms with Crippen molar-refractivity contribution in [2.75, 3.05) is 20.7 Å². The van der Waals surface area contributed by atoms with E-state index >= 15 is 0 Å². The van der Waals surface area contributed by atoms with Crippen molar-refractivity contribution in [1.82, 2.24) is 10.2 Å². The molecule has 0 aliphatic carbocycles. The zero-order valence-electron chi connectivity index (χ0n) is 11.4. The van der Waals surface area contributed by atoms with Crippen LogP contribution < -0.4 is 10.1 Å². The van der Waals surface area contributed by atoms with Gasteiger partial charge in [0.2, 0.25) is 0 Å². The number of methoxy groups -OCH3 is 1. The molecule has 0 spiro atoms. The summed E-state index contributed by atoms with van der Waals surface area (Å²) >= 11 is 0. The van der Waals surface area contributed by atoms with Gasteiger partial charge >= 0.3 is 12.0 Å². The predicted molar refractivity (Wildman–Crippen MR) is 71.5 cm³/mol. The Morgan fingerprint density at radius 3 is 2.65 bits per heavy atom. The summed E-state index contributed by atoms with van der Waals surface area (Å²) in [4.78, 5) is 23.5. The second-order valence-electron chi connectivity index (χ2n) is 4.21. The summed E-state index contributed by atoms with van der Waals surface area (Å²) in [6.45, 7) is -0.0382. The van der Waals surface area contributed by atoms with Crippen molar-refractivity contribution in [3.05, 3.63) is 29.8 Å². The molecule has 0 saturated carbocycles. The highest BCUT2D eigenvalue weighted by atomic mass is 16.5. The van der Waals surface area contributed by atoms with E-state index in [9.17, 15) is 9.59 Å². The number of aliphatic hydroxyl groups is 1. The molecule has 1 rings (SSSR count). The first kappa shape index (κ1) is 15.8. The van der Waals surface area contributed by atoms with E-state index in [2.05, 4.69) is 5.32 Å². The Morgan fingerprint density at radius 1 is 1.40 bits per heavy atom. The van der Waals surface area contributed by atoms with E-state index in [0.29, 0.717) is 12.3 Å². The van der Waals surface area contributed by atoms with Crippen LogP contribution in [0.25, 0.3) is 0 Å². The van der Waals surface area contributed by atoms with Gasteiger partial charge in [-0.3, -0.25) is 0 Å². The van der Waals surface area contributed by atoms with Crippen LogP contribution in [0, 0.1) is 0 Å². The van der Waals surface area contributed by atoms with Crippen molar-refractivity contribution < 1.29 is 24.5 Å². The second-order valence-corrected chi connectivity index (χ2v) is 4.21. The molecule has 1 aromatic carbocycles. The Balaban J connectivity index is 2.55. The molecule has 110 valence electrons. The fourth-order valence-electron chi connectivity index (χ4n) is 1.57. The van der Waals surface area contributed by atoms with E-state index in [1.807, 2.05) is 18.2 Å². The zero-order valence-corrected chi connectivity index (χ0v) is 11.4. The van der Waals surface area contributed by atoms with Gasteiger partial charge in [-0.05, 0) is 6.07 Å². The number of carboxylic acid groups (broad SMARTS) is 1. The van der Waals surface area contributed by atoms with Crippen LogP contribution in [0.4, 0.5) is 4.79 Å². The minimum absolute atomic E-state index is 0.305. The number of carbonyl (C=O) groups is 2. The van der Waals surface area contributed by atoms with Crippen LogP contribution in [-0.2, 0) is 11.3 Å². The highest BCUT2D eigenvalue weighted by Gasteiger charge is 2.16. The van der Waals surface area contributed by atoms with E-state index in [-0.39, 0.29) is 6.54 Å². The monoisotopic (exact) mass is 282 g/mol. The zero-order chi connectivity index (χ0) is 15.1. The van der Waals surface area contributed by atoms with Gasteiger partial charge in [0, 0.05) is 12.6 Å². The van der Waals surface area contributed by atoms with Crippen molar-refractivity contribution in [2.24, 2.45) is 0 Å². The van der Waals surface area contributed by atoms with Crippen LogP contribution in [0.1, 0.15) is 5.56 Å². The molecule has 3 N–H and O–H groups in total. The van der Waals surface area contributed by atoms with Gasteiger partial charge < -0.3 is 25.2 Å². The smallest absolute Gasteiger partial charge is 0.334 e. The van der Waals surface area contributed by atoms with Crippen molar-refractivity contribution in [1.29, 1.82) is 0 Å². The number of rotatable bonds is 6.